The van der Waals surface area contributed by atoms with E-state index in [1.165, 1.54) is 7.11 Å². The molecule has 164 valence electrons. The van der Waals surface area contributed by atoms with Gasteiger partial charge in [-0.2, -0.15) is 0 Å². The molecule has 1 amide bonds. The second kappa shape index (κ2) is 9.40. The second-order valence-electron chi connectivity index (χ2n) is 7.26. The number of pyridine rings is 1. The summed E-state index contributed by atoms with van der Waals surface area (Å²) in [4.78, 5) is 16.5. The number of fused-ring (bicyclic) bond motifs is 1. The molecule has 0 saturated carbocycles. The Morgan fingerprint density at radius 2 is 1.94 bits per heavy atom. The van der Waals surface area contributed by atoms with E-state index in [9.17, 15) is 9.90 Å². The summed E-state index contributed by atoms with van der Waals surface area (Å²) in [6.45, 7) is 0.108. The van der Waals surface area contributed by atoms with Crippen LogP contribution in [0, 0.1) is 0 Å². The first-order valence-electron chi connectivity index (χ1n) is 10.0. The highest BCUT2D eigenvalue weighted by atomic mass is 35.5. The lowest BCUT2D eigenvalue weighted by molar-refractivity contribution is -0.115. The van der Waals surface area contributed by atoms with Crippen molar-refractivity contribution in [3.63, 3.8) is 0 Å². The van der Waals surface area contributed by atoms with Gasteiger partial charge < -0.3 is 24.9 Å². The van der Waals surface area contributed by atoms with Gasteiger partial charge in [-0.15, -0.1) is 0 Å². The molecule has 0 aliphatic rings. The van der Waals surface area contributed by atoms with Crippen molar-refractivity contribution in [1.82, 2.24) is 14.7 Å². The molecule has 0 radical (unpaired) electrons. The number of aromatic nitrogens is 2. The molecule has 0 unspecified atom stereocenters. The number of anilines is 1. The molecule has 3 N–H and O–H groups in total. The van der Waals surface area contributed by atoms with E-state index < -0.39 is 0 Å². The molecule has 7 nitrogen and oxygen atoms in total. The average Bonchev–Trinajstić information content (AvgIpc) is 3.23. The van der Waals surface area contributed by atoms with Crippen LogP contribution < -0.4 is 15.4 Å². The highest BCUT2D eigenvalue weighted by molar-refractivity contribution is 6.32. The molecular formula is C24H23ClN4O3. The van der Waals surface area contributed by atoms with Crippen LogP contribution >= 0.6 is 11.6 Å². The van der Waals surface area contributed by atoms with Gasteiger partial charge in [-0.25, -0.2) is 4.98 Å². The standard InChI is InChI=1S/C24H23ClN4O3/c1-26-12-24(31)27-18-5-3-15(4-6-18)16-7-8-29-13-21(28-23(29)10-16)19-11-20(25)22(32-2)9-17(19)14-30/h3-11,13,26,30H,12,14H2,1-2H3,(H,27,31). The average molecular weight is 451 g/mol. The van der Waals surface area contributed by atoms with Gasteiger partial charge in [-0.1, -0.05) is 23.7 Å². The number of nitrogens with zero attached hydrogens (tertiary/aromatic N) is 2. The number of hydrogen-bond donors (Lipinski definition) is 3. The van der Waals surface area contributed by atoms with Crippen LogP contribution in [0.4, 0.5) is 5.69 Å². The molecule has 0 aliphatic carbocycles. The van der Waals surface area contributed by atoms with Crippen LogP contribution in [-0.4, -0.2) is 41.1 Å². The molecule has 0 aliphatic heterocycles. The number of methoxy groups -OCH3 is 1. The van der Waals surface area contributed by atoms with E-state index in [1.54, 1.807) is 19.2 Å². The number of aliphatic hydroxyl groups is 1. The first-order chi connectivity index (χ1) is 15.5. The van der Waals surface area contributed by atoms with Gasteiger partial charge in [0.2, 0.25) is 5.91 Å². The Labute approximate surface area is 190 Å². The molecule has 2 aromatic heterocycles. The van der Waals surface area contributed by atoms with Crippen molar-refractivity contribution in [3.05, 3.63) is 71.5 Å². The molecule has 4 aromatic rings. The number of carbonyl (C=O) groups excluding carboxylic acids is 1. The summed E-state index contributed by atoms with van der Waals surface area (Å²) in [5.74, 6) is 0.420. The van der Waals surface area contributed by atoms with E-state index in [4.69, 9.17) is 21.3 Å². The maximum atomic E-state index is 11.7. The summed E-state index contributed by atoms with van der Waals surface area (Å²) < 4.78 is 7.17. The van der Waals surface area contributed by atoms with E-state index in [-0.39, 0.29) is 19.1 Å². The maximum Gasteiger partial charge on any atom is 0.238 e. The summed E-state index contributed by atoms with van der Waals surface area (Å²) in [6, 6.07) is 15.1. The summed E-state index contributed by atoms with van der Waals surface area (Å²) in [5, 5.41) is 15.9. The minimum atomic E-state index is -0.154. The topological polar surface area (TPSA) is 87.9 Å². The minimum absolute atomic E-state index is 0.0903. The summed E-state index contributed by atoms with van der Waals surface area (Å²) in [5.41, 5.74) is 5.66. The monoisotopic (exact) mass is 450 g/mol. The maximum absolute atomic E-state index is 11.7. The van der Waals surface area contributed by atoms with Crippen molar-refractivity contribution in [1.29, 1.82) is 0 Å². The Morgan fingerprint density at radius 1 is 1.16 bits per heavy atom. The zero-order valence-corrected chi connectivity index (χ0v) is 18.5. The Bertz CT molecular complexity index is 1270. The fourth-order valence-electron chi connectivity index (χ4n) is 3.52. The van der Waals surface area contributed by atoms with E-state index in [1.807, 2.05) is 53.2 Å². The number of carbonyl (C=O) groups is 1. The van der Waals surface area contributed by atoms with Gasteiger partial charge in [0.1, 0.15) is 11.4 Å². The minimum Gasteiger partial charge on any atom is -0.495 e. The van der Waals surface area contributed by atoms with Gasteiger partial charge in [0, 0.05) is 23.6 Å². The molecule has 0 bridgehead atoms. The van der Waals surface area contributed by atoms with Crippen LogP contribution in [0.2, 0.25) is 5.02 Å². The van der Waals surface area contributed by atoms with E-state index >= 15 is 0 Å². The predicted octanol–water partition coefficient (Wildman–Crippen LogP) is 3.98. The normalized spacial score (nSPS) is 11.0. The number of ether oxygens (including phenoxy) is 1. The lowest BCUT2D eigenvalue weighted by Gasteiger charge is -2.09. The molecule has 0 fully saturated rings. The lowest BCUT2D eigenvalue weighted by Crippen LogP contribution is -2.24. The Kier molecular flexibility index (Phi) is 6.41. The summed E-state index contributed by atoms with van der Waals surface area (Å²) in [7, 11) is 3.27. The first kappa shape index (κ1) is 21.8. The number of benzene rings is 2. The number of imidazole rings is 1. The van der Waals surface area contributed by atoms with Crippen molar-refractivity contribution < 1.29 is 14.6 Å². The van der Waals surface area contributed by atoms with Gasteiger partial charge in [-0.05, 0) is 60.1 Å². The Balaban J connectivity index is 1.64. The van der Waals surface area contributed by atoms with Crippen molar-refractivity contribution in [2.24, 2.45) is 0 Å². The van der Waals surface area contributed by atoms with Crippen LogP contribution in [0.15, 0.2) is 60.9 Å². The molecule has 0 atom stereocenters. The van der Waals surface area contributed by atoms with Crippen LogP contribution in [0.5, 0.6) is 5.75 Å². The van der Waals surface area contributed by atoms with Crippen LogP contribution in [0.3, 0.4) is 0 Å². The SMILES string of the molecule is CNCC(=O)Nc1ccc(-c2ccn3cc(-c4cc(Cl)c(OC)cc4CO)nc3c2)cc1. The summed E-state index contributed by atoms with van der Waals surface area (Å²) >= 11 is 6.30. The highest BCUT2D eigenvalue weighted by Gasteiger charge is 2.14. The molecule has 2 heterocycles. The van der Waals surface area contributed by atoms with Crippen molar-refractivity contribution in [3.8, 4) is 28.1 Å². The number of halogens is 1. The predicted molar refractivity (Wildman–Crippen MR) is 126 cm³/mol. The fraction of sp³-hybridized carbons (Fsp3) is 0.167. The molecule has 2 aromatic carbocycles. The third-order valence-electron chi connectivity index (χ3n) is 5.12. The molecule has 32 heavy (non-hydrogen) atoms. The number of aliphatic hydroxyl groups excluding tert-OH is 1. The van der Waals surface area contributed by atoms with Crippen LogP contribution in [0.1, 0.15) is 5.56 Å². The van der Waals surface area contributed by atoms with E-state index in [0.29, 0.717) is 22.0 Å². The molecular weight excluding hydrogens is 428 g/mol. The molecule has 8 heteroatoms. The number of likely N-dealkylation sites (N-methyl/N-ethyl adjacent to an activating group) is 1. The smallest absolute Gasteiger partial charge is 0.238 e. The molecule has 4 rings (SSSR count). The first-order valence-corrected chi connectivity index (χ1v) is 10.4. The van der Waals surface area contributed by atoms with Crippen molar-refractivity contribution in [2.45, 2.75) is 6.61 Å². The van der Waals surface area contributed by atoms with E-state index in [0.717, 1.165) is 28.0 Å². The highest BCUT2D eigenvalue weighted by Crippen LogP contribution is 2.34. The summed E-state index contributed by atoms with van der Waals surface area (Å²) in [6.07, 6.45) is 3.84. The van der Waals surface area contributed by atoms with Gasteiger partial charge in [0.25, 0.3) is 0 Å². The van der Waals surface area contributed by atoms with Gasteiger partial charge in [-0.3, -0.25) is 4.79 Å². The van der Waals surface area contributed by atoms with Gasteiger partial charge in [0.05, 0.1) is 31.0 Å². The third-order valence-corrected chi connectivity index (χ3v) is 5.42. The van der Waals surface area contributed by atoms with Crippen LogP contribution in [0.25, 0.3) is 28.0 Å². The molecule has 0 spiro atoms. The third kappa shape index (κ3) is 4.45. The zero-order valence-electron chi connectivity index (χ0n) is 17.7. The quantitative estimate of drug-likeness (QED) is 0.396. The number of nitrogens with one attached hydrogen (secondary N) is 2. The van der Waals surface area contributed by atoms with Crippen molar-refractivity contribution >= 4 is 28.8 Å². The van der Waals surface area contributed by atoms with Gasteiger partial charge >= 0.3 is 0 Å². The van der Waals surface area contributed by atoms with Gasteiger partial charge in [0.15, 0.2) is 0 Å². The number of hydrogen-bond acceptors (Lipinski definition) is 5. The Morgan fingerprint density at radius 3 is 2.62 bits per heavy atom. The molecule has 0 saturated heterocycles. The van der Waals surface area contributed by atoms with Crippen molar-refractivity contribution in [2.75, 3.05) is 26.0 Å². The largest absolute Gasteiger partial charge is 0.495 e. The number of amides is 1. The lowest BCUT2D eigenvalue weighted by atomic mass is 10.1. The van der Waals surface area contributed by atoms with E-state index in [2.05, 4.69) is 10.6 Å². The number of rotatable bonds is 7. The van der Waals surface area contributed by atoms with Crippen LogP contribution in [-0.2, 0) is 11.4 Å². The fourth-order valence-corrected chi connectivity index (χ4v) is 3.76. The zero-order chi connectivity index (χ0) is 22.7. The Hall–Kier alpha value is -3.39. The second-order valence-corrected chi connectivity index (χ2v) is 7.67.